The van der Waals surface area contributed by atoms with Crippen LogP contribution in [-0.2, 0) is 11.8 Å². The molecule has 3 fully saturated rings. The minimum absolute atomic E-state index is 0.162. The Hall–Kier alpha value is -1.68. The van der Waals surface area contributed by atoms with Gasteiger partial charge in [-0.05, 0) is 86.7 Å². The van der Waals surface area contributed by atoms with E-state index < -0.39 is 0 Å². The van der Waals surface area contributed by atoms with Crippen molar-refractivity contribution in [3.8, 4) is 0 Å². The van der Waals surface area contributed by atoms with Crippen LogP contribution in [0.5, 0.6) is 0 Å². The number of aliphatic hydroxyl groups excluding tert-OH is 1. The number of ketones is 1. The van der Waals surface area contributed by atoms with Gasteiger partial charge in [-0.3, -0.25) is 9.48 Å². The molecule has 4 aliphatic rings. The van der Waals surface area contributed by atoms with E-state index in [0.717, 1.165) is 61.8 Å². The number of aliphatic hydroxyl groups is 1. The third-order valence-electron chi connectivity index (χ3n) is 9.32. The van der Waals surface area contributed by atoms with E-state index in [-0.39, 0.29) is 16.9 Å². The highest BCUT2D eigenvalue weighted by molar-refractivity contribution is 6.06. The summed E-state index contributed by atoms with van der Waals surface area (Å²) in [7, 11) is 1.95. The lowest BCUT2D eigenvalue weighted by molar-refractivity contribution is -0.130. The minimum Gasteiger partial charge on any atom is -0.393 e. The van der Waals surface area contributed by atoms with Crippen LogP contribution in [0.2, 0.25) is 0 Å². The topological polar surface area (TPSA) is 55.1 Å². The smallest absolute Gasteiger partial charge is 0.165 e. The molecule has 0 unspecified atom stereocenters. The molecule has 4 aliphatic carbocycles. The molecule has 0 bridgehead atoms. The second-order valence-electron chi connectivity index (χ2n) is 10.6. The number of fused-ring (bicyclic) bond motifs is 5. The van der Waals surface area contributed by atoms with Crippen molar-refractivity contribution in [2.45, 2.75) is 71.8 Å². The van der Waals surface area contributed by atoms with Crippen LogP contribution in [0.3, 0.4) is 0 Å². The highest BCUT2D eigenvalue weighted by atomic mass is 16.3. The van der Waals surface area contributed by atoms with Gasteiger partial charge in [0.15, 0.2) is 5.78 Å². The zero-order valence-corrected chi connectivity index (χ0v) is 18.2. The molecule has 0 aromatic carbocycles. The Balaban J connectivity index is 1.49. The molecule has 0 radical (unpaired) electrons. The summed E-state index contributed by atoms with van der Waals surface area (Å²) < 4.78 is 1.88. The summed E-state index contributed by atoms with van der Waals surface area (Å²) in [6, 6.07) is 0. The molecule has 0 aliphatic heterocycles. The van der Waals surface area contributed by atoms with Crippen LogP contribution in [0.4, 0.5) is 0 Å². The van der Waals surface area contributed by atoms with E-state index >= 15 is 0 Å². The van der Waals surface area contributed by atoms with Gasteiger partial charge in [0.25, 0.3) is 0 Å². The van der Waals surface area contributed by atoms with Crippen molar-refractivity contribution in [1.82, 2.24) is 9.78 Å². The van der Waals surface area contributed by atoms with Gasteiger partial charge in [0.2, 0.25) is 0 Å². The number of nitrogens with zero attached hydrogens (tertiary/aromatic N) is 2. The number of carbonyl (C=O) groups excluding carboxylic acids is 1. The average Bonchev–Trinajstić information content (AvgIpc) is 3.14. The molecule has 3 saturated carbocycles. The Kier molecular flexibility index (Phi) is 4.26. The first-order chi connectivity index (χ1) is 13.7. The molecular weight excluding hydrogens is 360 g/mol. The maximum absolute atomic E-state index is 13.5. The van der Waals surface area contributed by atoms with Gasteiger partial charge in [-0.25, -0.2) is 0 Å². The lowest BCUT2D eigenvalue weighted by Crippen LogP contribution is -2.50. The van der Waals surface area contributed by atoms with Crippen molar-refractivity contribution >= 4 is 11.9 Å². The second-order valence-corrected chi connectivity index (χ2v) is 10.6. The van der Waals surface area contributed by atoms with Crippen LogP contribution in [0.1, 0.15) is 70.1 Å². The summed E-state index contributed by atoms with van der Waals surface area (Å²) in [6.45, 7) is 6.74. The molecule has 1 aromatic heterocycles. The highest BCUT2D eigenvalue weighted by Crippen LogP contribution is 2.64. The summed E-state index contributed by atoms with van der Waals surface area (Å²) >= 11 is 0. The van der Waals surface area contributed by atoms with Gasteiger partial charge in [0.1, 0.15) is 0 Å². The summed E-state index contributed by atoms with van der Waals surface area (Å²) in [5.74, 6) is 2.06. The van der Waals surface area contributed by atoms with E-state index in [0.29, 0.717) is 23.5 Å². The summed E-state index contributed by atoms with van der Waals surface area (Å²) in [6.07, 6.45) is 13.3. The van der Waals surface area contributed by atoms with Crippen LogP contribution in [-0.4, -0.2) is 26.8 Å². The van der Waals surface area contributed by atoms with Crippen molar-refractivity contribution in [2.24, 2.45) is 35.6 Å². The number of carbonyl (C=O) groups is 1. The number of Topliss-reactive ketones (excluding diaryl/α,β-unsaturated/α-hetero) is 1. The Labute approximate surface area is 174 Å². The number of hydrogen-bond acceptors (Lipinski definition) is 3. The summed E-state index contributed by atoms with van der Waals surface area (Å²) in [5.41, 5.74) is 4.70. The standard InChI is InChI=1S/C25H34N2O2/c1-15-17(14-26-27(15)4)11-16-12-22-20-6-5-18-13-19(28)7-9-24(18,2)21(20)8-10-25(22,3)23(16)29/h5,11,14,19-22,28H,6-10,12-13H2,1-4H3/b16-11+/t19-,20-,21+,22+,24-,25-/m0/s1. The molecule has 0 saturated heterocycles. The third kappa shape index (κ3) is 2.67. The maximum atomic E-state index is 13.5. The minimum atomic E-state index is -0.209. The largest absolute Gasteiger partial charge is 0.393 e. The van der Waals surface area contributed by atoms with Gasteiger partial charge in [0.05, 0.1) is 12.3 Å². The molecule has 1 aromatic rings. The van der Waals surface area contributed by atoms with Gasteiger partial charge in [0, 0.05) is 23.7 Å². The van der Waals surface area contributed by atoms with E-state index in [1.807, 2.05) is 17.9 Å². The first-order valence-electron chi connectivity index (χ1n) is 11.4. The molecule has 156 valence electrons. The van der Waals surface area contributed by atoms with E-state index in [1.165, 1.54) is 5.57 Å². The van der Waals surface area contributed by atoms with Gasteiger partial charge >= 0.3 is 0 Å². The number of allylic oxidation sites excluding steroid dienone is 2. The molecule has 5 rings (SSSR count). The fourth-order valence-electron chi connectivity index (χ4n) is 7.29. The first-order valence-corrected chi connectivity index (χ1v) is 11.4. The molecule has 1 N–H and O–H groups in total. The van der Waals surface area contributed by atoms with Crippen molar-refractivity contribution in [3.05, 3.63) is 34.7 Å². The summed E-state index contributed by atoms with van der Waals surface area (Å²) in [5, 5.41) is 14.5. The lowest BCUT2D eigenvalue weighted by atomic mass is 9.48. The van der Waals surface area contributed by atoms with Gasteiger partial charge < -0.3 is 5.11 Å². The van der Waals surface area contributed by atoms with E-state index in [1.54, 1.807) is 0 Å². The van der Waals surface area contributed by atoms with E-state index in [2.05, 4.69) is 38.0 Å². The first kappa shape index (κ1) is 19.3. The summed E-state index contributed by atoms with van der Waals surface area (Å²) in [4.78, 5) is 13.5. The van der Waals surface area contributed by atoms with Crippen LogP contribution in [0, 0.1) is 35.5 Å². The number of aryl methyl sites for hydroxylation is 1. The Morgan fingerprint density at radius 2 is 1.93 bits per heavy atom. The van der Waals surface area contributed by atoms with Crippen molar-refractivity contribution in [1.29, 1.82) is 0 Å². The van der Waals surface area contributed by atoms with Gasteiger partial charge in [-0.2, -0.15) is 5.10 Å². The Bertz CT molecular complexity index is 925. The van der Waals surface area contributed by atoms with E-state index in [4.69, 9.17) is 0 Å². The molecule has 4 nitrogen and oxygen atoms in total. The normalized spacial score (nSPS) is 43.0. The maximum Gasteiger partial charge on any atom is 0.165 e. The molecule has 1 heterocycles. The van der Waals surface area contributed by atoms with Crippen molar-refractivity contribution in [2.75, 3.05) is 0 Å². The molecular formula is C25H34N2O2. The number of aromatic nitrogens is 2. The monoisotopic (exact) mass is 394 g/mol. The predicted octanol–water partition coefficient (Wildman–Crippen LogP) is 4.61. The fraction of sp³-hybridized carbons (Fsp3) is 0.680. The van der Waals surface area contributed by atoms with Crippen LogP contribution >= 0.6 is 0 Å². The van der Waals surface area contributed by atoms with Crippen LogP contribution < -0.4 is 0 Å². The van der Waals surface area contributed by atoms with Crippen LogP contribution in [0.15, 0.2) is 23.4 Å². The molecule has 6 atom stereocenters. The SMILES string of the molecule is Cc1c(/C=C2\C[C@@H]3[C@H]4CC=C5C[C@@H](O)CC[C@]5(C)[C@@H]4CC[C@]3(C)C2=O)cnn1C. The third-order valence-corrected chi connectivity index (χ3v) is 9.32. The Morgan fingerprint density at radius 1 is 1.17 bits per heavy atom. The zero-order valence-electron chi connectivity index (χ0n) is 18.2. The molecule has 29 heavy (non-hydrogen) atoms. The van der Waals surface area contributed by atoms with Crippen molar-refractivity contribution < 1.29 is 9.90 Å². The van der Waals surface area contributed by atoms with Crippen LogP contribution in [0.25, 0.3) is 6.08 Å². The lowest BCUT2D eigenvalue weighted by Gasteiger charge is -2.56. The second kappa shape index (κ2) is 6.41. The molecule has 0 amide bonds. The van der Waals surface area contributed by atoms with Gasteiger partial charge in [-0.15, -0.1) is 0 Å². The predicted molar refractivity (Wildman–Crippen MR) is 114 cm³/mol. The van der Waals surface area contributed by atoms with E-state index in [9.17, 15) is 9.90 Å². The number of hydrogen-bond donors (Lipinski definition) is 1. The zero-order chi connectivity index (χ0) is 20.6. The average molecular weight is 395 g/mol. The fourth-order valence-corrected chi connectivity index (χ4v) is 7.29. The molecule has 0 spiro atoms. The quantitative estimate of drug-likeness (QED) is 0.559. The number of rotatable bonds is 1. The highest BCUT2D eigenvalue weighted by Gasteiger charge is 2.59. The van der Waals surface area contributed by atoms with Gasteiger partial charge in [-0.1, -0.05) is 25.5 Å². The Morgan fingerprint density at radius 3 is 2.66 bits per heavy atom. The van der Waals surface area contributed by atoms with Crippen molar-refractivity contribution in [3.63, 3.8) is 0 Å². The molecule has 4 heteroatoms.